The van der Waals surface area contributed by atoms with E-state index in [-0.39, 0.29) is 12.5 Å². The van der Waals surface area contributed by atoms with Crippen LogP contribution in [-0.4, -0.2) is 23.2 Å². The Kier molecular flexibility index (Phi) is 7.07. The SMILES string of the molecule is COc1ccc(NC(=O)c2ccccc2OCc2c(C)noc2C)cc1OCc1cccnc1. The van der Waals surface area contributed by atoms with Gasteiger partial charge < -0.3 is 24.1 Å². The maximum Gasteiger partial charge on any atom is 0.259 e. The lowest BCUT2D eigenvalue weighted by Gasteiger charge is -2.14. The molecule has 0 bridgehead atoms. The largest absolute Gasteiger partial charge is 0.493 e. The number of carbonyl (C=O) groups is 1. The number of pyridine rings is 1. The summed E-state index contributed by atoms with van der Waals surface area (Å²) in [6.45, 7) is 4.25. The number of amides is 1. The molecule has 8 nitrogen and oxygen atoms in total. The lowest BCUT2D eigenvalue weighted by Crippen LogP contribution is -2.14. The van der Waals surface area contributed by atoms with Gasteiger partial charge in [0.2, 0.25) is 0 Å². The number of methoxy groups -OCH3 is 1. The number of anilines is 1. The Hall–Kier alpha value is -4.33. The molecule has 1 amide bonds. The average molecular weight is 460 g/mol. The number of hydrogen-bond acceptors (Lipinski definition) is 7. The van der Waals surface area contributed by atoms with Crippen LogP contribution in [0.25, 0.3) is 0 Å². The number of hydrogen-bond donors (Lipinski definition) is 1. The monoisotopic (exact) mass is 459 g/mol. The molecule has 174 valence electrons. The molecule has 2 aromatic heterocycles. The van der Waals surface area contributed by atoms with Gasteiger partial charge in [-0.15, -0.1) is 0 Å². The van der Waals surface area contributed by atoms with Crippen LogP contribution in [-0.2, 0) is 13.2 Å². The van der Waals surface area contributed by atoms with Crippen molar-refractivity contribution in [2.45, 2.75) is 27.1 Å². The van der Waals surface area contributed by atoms with Crippen molar-refractivity contribution in [1.29, 1.82) is 0 Å². The van der Waals surface area contributed by atoms with Gasteiger partial charge >= 0.3 is 0 Å². The molecule has 4 rings (SSSR count). The van der Waals surface area contributed by atoms with E-state index >= 15 is 0 Å². The minimum absolute atomic E-state index is 0.250. The van der Waals surface area contributed by atoms with Gasteiger partial charge in [0.15, 0.2) is 11.5 Å². The van der Waals surface area contributed by atoms with Crippen molar-refractivity contribution in [3.05, 3.63) is 95.1 Å². The van der Waals surface area contributed by atoms with E-state index in [2.05, 4.69) is 15.5 Å². The first-order valence-corrected chi connectivity index (χ1v) is 10.7. The van der Waals surface area contributed by atoms with Gasteiger partial charge in [0, 0.05) is 29.7 Å². The van der Waals surface area contributed by atoms with Crippen LogP contribution in [0.1, 0.15) is 32.9 Å². The topological polar surface area (TPSA) is 95.7 Å². The number of aryl methyl sites for hydroxylation is 2. The average Bonchev–Trinajstić information content (AvgIpc) is 3.19. The minimum Gasteiger partial charge on any atom is -0.493 e. The van der Waals surface area contributed by atoms with E-state index in [1.165, 1.54) is 0 Å². The van der Waals surface area contributed by atoms with Crippen LogP contribution in [0, 0.1) is 13.8 Å². The first kappa shape index (κ1) is 22.8. The number of benzene rings is 2. The Balaban J connectivity index is 1.48. The fourth-order valence-electron chi connectivity index (χ4n) is 3.35. The summed E-state index contributed by atoms with van der Waals surface area (Å²) >= 11 is 0. The van der Waals surface area contributed by atoms with E-state index in [0.29, 0.717) is 40.9 Å². The number of carbonyl (C=O) groups excluding carboxylic acids is 1. The predicted molar refractivity (Wildman–Crippen MR) is 126 cm³/mol. The van der Waals surface area contributed by atoms with Crippen LogP contribution in [0.5, 0.6) is 17.2 Å². The Morgan fingerprint density at radius 3 is 2.53 bits per heavy atom. The van der Waals surface area contributed by atoms with Crippen LogP contribution in [0.2, 0.25) is 0 Å². The Bertz CT molecular complexity index is 1250. The molecule has 0 unspecified atom stereocenters. The van der Waals surface area contributed by atoms with Gasteiger partial charge in [0.05, 0.1) is 23.9 Å². The third-order valence-electron chi connectivity index (χ3n) is 5.22. The second-order valence-electron chi connectivity index (χ2n) is 7.56. The molecule has 0 saturated heterocycles. The highest BCUT2D eigenvalue weighted by molar-refractivity contribution is 6.06. The predicted octanol–water partition coefficient (Wildman–Crippen LogP) is 5.11. The first-order valence-electron chi connectivity index (χ1n) is 10.7. The van der Waals surface area contributed by atoms with Crippen molar-refractivity contribution in [2.75, 3.05) is 12.4 Å². The highest BCUT2D eigenvalue weighted by Crippen LogP contribution is 2.31. The van der Waals surface area contributed by atoms with Crippen LogP contribution in [0.3, 0.4) is 0 Å². The molecule has 0 aliphatic rings. The summed E-state index contributed by atoms with van der Waals surface area (Å²) in [5.74, 6) is 1.91. The number of aromatic nitrogens is 2. The van der Waals surface area contributed by atoms with E-state index in [1.54, 1.807) is 55.9 Å². The van der Waals surface area contributed by atoms with E-state index in [4.69, 9.17) is 18.7 Å². The second kappa shape index (κ2) is 10.5. The molecular weight excluding hydrogens is 434 g/mol. The molecule has 2 aromatic carbocycles. The van der Waals surface area contributed by atoms with Crippen molar-refractivity contribution in [2.24, 2.45) is 0 Å². The zero-order chi connectivity index (χ0) is 23.9. The first-order chi connectivity index (χ1) is 16.5. The normalized spacial score (nSPS) is 10.6. The van der Waals surface area contributed by atoms with Crippen LogP contribution >= 0.6 is 0 Å². The number of ether oxygens (including phenoxy) is 3. The van der Waals surface area contributed by atoms with Gasteiger partial charge in [-0.3, -0.25) is 9.78 Å². The van der Waals surface area contributed by atoms with Crippen LogP contribution < -0.4 is 19.5 Å². The molecule has 2 heterocycles. The number of rotatable bonds is 9. The van der Waals surface area contributed by atoms with E-state index in [1.807, 2.05) is 32.0 Å². The van der Waals surface area contributed by atoms with E-state index < -0.39 is 0 Å². The van der Waals surface area contributed by atoms with Gasteiger partial charge in [-0.05, 0) is 44.2 Å². The fraction of sp³-hybridized carbons (Fsp3) is 0.192. The molecule has 0 aliphatic heterocycles. The van der Waals surface area contributed by atoms with Crippen LogP contribution in [0.15, 0.2) is 71.5 Å². The molecule has 0 fully saturated rings. The summed E-state index contributed by atoms with van der Waals surface area (Å²) in [4.78, 5) is 17.2. The maximum atomic E-state index is 13.1. The fourth-order valence-corrected chi connectivity index (χ4v) is 3.35. The molecular formula is C26H25N3O5. The van der Waals surface area contributed by atoms with Crippen molar-refractivity contribution < 1.29 is 23.5 Å². The highest BCUT2D eigenvalue weighted by Gasteiger charge is 2.16. The van der Waals surface area contributed by atoms with Gasteiger partial charge in [0.25, 0.3) is 5.91 Å². The van der Waals surface area contributed by atoms with E-state index in [9.17, 15) is 4.79 Å². The van der Waals surface area contributed by atoms with Crippen LogP contribution in [0.4, 0.5) is 5.69 Å². The molecule has 0 radical (unpaired) electrons. The molecule has 0 saturated carbocycles. The zero-order valence-electron chi connectivity index (χ0n) is 19.2. The quantitative estimate of drug-likeness (QED) is 0.372. The maximum absolute atomic E-state index is 13.1. The van der Waals surface area contributed by atoms with E-state index in [0.717, 1.165) is 16.8 Å². The van der Waals surface area contributed by atoms with Gasteiger partial charge in [-0.1, -0.05) is 23.4 Å². The van der Waals surface area contributed by atoms with Gasteiger partial charge in [-0.2, -0.15) is 0 Å². The lowest BCUT2D eigenvalue weighted by molar-refractivity contribution is 0.102. The highest BCUT2D eigenvalue weighted by atomic mass is 16.5. The minimum atomic E-state index is -0.308. The standard InChI is InChI=1S/C26H25N3O5/c1-17-22(18(2)34-29-17)16-33-23-9-5-4-8-21(23)26(30)28-20-10-11-24(31-3)25(13-20)32-15-19-7-6-12-27-14-19/h4-14H,15-16H2,1-3H3,(H,28,30). The molecule has 0 spiro atoms. The third-order valence-corrected chi connectivity index (χ3v) is 5.22. The lowest BCUT2D eigenvalue weighted by atomic mass is 10.1. The molecule has 1 N–H and O–H groups in total. The molecule has 4 aromatic rings. The third kappa shape index (κ3) is 5.35. The molecule has 34 heavy (non-hydrogen) atoms. The number of para-hydroxylation sites is 1. The summed E-state index contributed by atoms with van der Waals surface area (Å²) in [6.07, 6.45) is 3.44. The summed E-state index contributed by atoms with van der Waals surface area (Å²) in [5.41, 5.74) is 3.51. The Labute approximate surface area is 197 Å². The van der Waals surface area contributed by atoms with Crippen molar-refractivity contribution in [1.82, 2.24) is 10.1 Å². The van der Waals surface area contributed by atoms with Crippen molar-refractivity contribution in [3.8, 4) is 17.2 Å². The Morgan fingerprint density at radius 2 is 1.79 bits per heavy atom. The summed E-state index contributed by atoms with van der Waals surface area (Å²) in [6, 6.07) is 16.0. The molecule has 0 aliphatic carbocycles. The summed E-state index contributed by atoms with van der Waals surface area (Å²) < 4.78 is 22.4. The van der Waals surface area contributed by atoms with Gasteiger partial charge in [0.1, 0.15) is 24.7 Å². The van der Waals surface area contributed by atoms with Crippen molar-refractivity contribution in [3.63, 3.8) is 0 Å². The number of nitrogens with one attached hydrogen (secondary N) is 1. The molecule has 8 heteroatoms. The Morgan fingerprint density at radius 1 is 0.971 bits per heavy atom. The smallest absolute Gasteiger partial charge is 0.259 e. The summed E-state index contributed by atoms with van der Waals surface area (Å²) in [7, 11) is 1.57. The number of nitrogens with zero attached hydrogens (tertiary/aromatic N) is 2. The zero-order valence-corrected chi connectivity index (χ0v) is 19.2. The van der Waals surface area contributed by atoms with Crippen molar-refractivity contribution >= 4 is 11.6 Å². The molecule has 0 atom stereocenters. The van der Waals surface area contributed by atoms with Gasteiger partial charge in [-0.25, -0.2) is 0 Å². The second-order valence-corrected chi connectivity index (χ2v) is 7.56. The summed E-state index contributed by atoms with van der Waals surface area (Å²) in [5, 5.41) is 6.85.